The van der Waals surface area contributed by atoms with E-state index in [-0.39, 0.29) is 5.38 Å². The van der Waals surface area contributed by atoms with Crippen LogP contribution >= 0.6 is 11.6 Å². The third kappa shape index (κ3) is 2.51. The van der Waals surface area contributed by atoms with E-state index in [1.165, 1.54) is 14.2 Å². The van der Waals surface area contributed by atoms with Gasteiger partial charge in [0.15, 0.2) is 17.3 Å². The molecule has 0 amide bonds. The number of halogens is 1. The van der Waals surface area contributed by atoms with Gasteiger partial charge in [0, 0.05) is 0 Å². The van der Waals surface area contributed by atoms with Crippen LogP contribution in [0.5, 0.6) is 17.2 Å². The molecule has 0 aliphatic carbocycles. The fourth-order valence-corrected chi connectivity index (χ4v) is 1.86. The minimum atomic E-state index is -0.335. The minimum absolute atomic E-state index is 0.310. The smallest absolute Gasteiger partial charge is 0.261 e. The van der Waals surface area contributed by atoms with E-state index >= 15 is 0 Å². The number of hydrogen-bond donors (Lipinski definition) is 0. The summed E-state index contributed by atoms with van der Waals surface area (Å²) in [7, 11) is 4.61. The summed E-state index contributed by atoms with van der Waals surface area (Å²) in [5.41, 5.74) is 0.612. The van der Waals surface area contributed by atoms with E-state index in [1.807, 2.05) is 0 Å². The van der Waals surface area contributed by atoms with Gasteiger partial charge in [-0.3, -0.25) is 0 Å². The summed E-state index contributed by atoms with van der Waals surface area (Å²) in [5, 5.41) is 3.49. The molecule has 1 unspecified atom stereocenters. The Kier molecular flexibility index (Phi) is 4.34. The molecular weight excluding hydrogens is 284 g/mol. The maximum absolute atomic E-state index is 5.92. The molecule has 1 aromatic carbocycles. The molecule has 0 spiro atoms. The summed E-state index contributed by atoms with van der Waals surface area (Å²) in [6.07, 6.45) is 0. The molecule has 20 heavy (non-hydrogen) atoms. The van der Waals surface area contributed by atoms with Gasteiger partial charge in [-0.15, -0.1) is 11.6 Å². The standard InChI is InChI=1S/C13H15ClN2O4/c1-7(14)12-15-13(20-16-12)8-5-6-9(17-2)11(19-4)10(8)18-3/h5-7H,1-4H3. The molecule has 0 N–H and O–H groups in total. The third-order valence-corrected chi connectivity index (χ3v) is 2.93. The van der Waals surface area contributed by atoms with Crippen molar-refractivity contribution in [3.05, 3.63) is 18.0 Å². The van der Waals surface area contributed by atoms with Crippen LogP contribution in [-0.2, 0) is 0 Å². The van der Waals surface area contributed by atoms with Crippen molar-refractivity contribution >= 4 is 11.6 Å². The van der Waals surface area contributed by atoms with E-state index in [1.54, 1.807) is 26.2 Å². The van der Waals surface area contributed by atoms with Gasteiger partial charge >= 0.3 is 0 Å². The van der Waals surface area contributed by atoms with E-state index in [4.69, 9.17) is 30.3 Å². The van der Waals surface area contributed by atoms with Crippen LogP contribution in [0, 0.1) is 0 Å². The molecule has 1 aromatic heterocycles. The average Bonchev–Trinajstić information content (AvgIpc) is 2.95. The number of aromatic nitrogens is 2. The lowest BCUT2D eigenvalue weighted by atomic mass is 10.1. The number of alkyl halides is 1. The van der Waals surface area contributed by atoms with Crippen LogP contribution < -0.4 is 14.2 Å². The number of rotatable bonds is 5. The molecule has 0 saturated carbocycles. The van der Waals surface area contributed by atoms with Crippen LogP contribution in [0.15, 0.2) is 16.7 Å². The van der Waals surface area contributed by atoms with E-state index in [2.05, 4.69) is 10.1 Å². The van der Waals surface area contributed by atoms with Gasteiger partial charge in [-0.25, -0.2) is 0 Å². The highest BCUT2D eigenvalue weighted by Crippen LogP contribution is 2.43. The van der Waals surface area contributed by atoms with Crippen molar-refractivity contribution < 1.29 is 18.7 Å². The highest BCUT2D eigenvalue weighted by atomic mass is 35.5. The molecular formula is C13H15ClN2O4. The van der Waals surface area contributed by atoms with E-state index in [0.717, 1.165) is 0 Å². The number of methoxy groups -OCH3 is 3. The van der Waals surface area contributed by atoms with Crippen molar-refractivity contribution in [1.82, 2.24) is 10.1 Å². The first-order valence-corrected chi connectivity index (χ1v) is 6.33. The highest BCUT2D eigenvalue weighted by Gasteiger charge is 2.21. The van der Waals surface area contributed by atoms with E-state index < -0.39 is 0 Å². The molecule has 108 valence electrons. The van der Waals surface area contributed by atoms with Gasteiger partial charge in [-0.2, -0.15) is 4.98 Å². The average molecular weight is 299 g/mol. The summed E-state index contributed by atoms with van der Waals surface area (Å²) in [6.45, 7) is 1.77. The van der Waals surface area contributed by atoms with E-state index in [9.17, 15) is 0 Å². The molecule has 0 radical (unpaired) electrons. The fourth-order valence-electron chi connectivity index (χ4n) is 1.78. The maximum atomic E-state index is 5.92. The molecule has 6 nitrogen and oxygen atoms in total. The van der Waals surface area contributed by atoms with E-state index in [0.29, 0.717) is 34.5 Å². The lowest BCUT2D eigenvalue weighted by Crippen LogP contribution is -1.97. The van der Waals surface area contributed by atoms with Gasteiger partial charge in [0.2, 0.25) is 5.75 Å². The van der Waals surface area contributed by atoms with Crippen LogP contribution in [0.2, 0.25) is 0 Å². The molecule has 0 aliphatic heterocycles. The van der Waals surface area contributed by atoms with Crippen LogP contribution in [0.25, 0.3) is 11.5 Å². The maximum Gasteiger partial charge on any atom is 0.261 e. The Hall–Kier alpha value is -1.95. The monoisotopic (exact) mass is 298 g/mol. The zero-order valence-electron chi connectivity index (χ0n) is 11.6. The largest absolute Gasteiger partial charge is 0.493 e. The van der Waals surface area contributed by atoms with Crippen LogP contribution in [0.3, 0.4) is 0 Å². The highest BCUT2D eigenvalue weighted by molar-refractivity contribution is 6.20. The quantitative estimate of drug-likeness (QED) is 0.790. The Morgan fingerprint density at radius 2 is 1.80 bits per heavy atom. The minimum Gasteiger partial charge on any atom is -0.493 e. The molecule has 0 fully saturated rings. The van der Waals surface area contributed by atoms with Gasteiger partial charge in [0.05, 0.1) is 32.3 Å². The molecule has 0 aliphatic rings. The fraction of sp³-hybridized carbons (Fsp3) is 0.385. The molecule has 2 rings (SSSR count). The Labute approximate surface area is 121 Å². The zero-order valence-corrected chi connectivity index (χ0v) is 12.4. The van der Waals surface area contributed by atoms with Crippen molar-refractivity contribution in [2.24, 2.45) is 0 Å². The SMILES string of the molecule is COc1ccc(-c2nc(C(C)Cl)no2)c(OC)c1OC. The van der Waals surface area contributed by atoms with Crippen molar-refractivity contribution in [2.45, 2.75) is 12.3 Å². The normalized spacial score (nSPS) is 12.1. The predicted molar refractivity (Wildman–Crippen MR) is 73.7 cm³/mol. The van der Waals surface area contributed by atoms with Gasteiger partial charge in [-0.1, -0.05) is 5.16 Å². The molecule has 1 heterocycles. The number of nitrogens with zero attached hydrogens (tertiary/aromatic N) is 2. The second kappa shape index (κ2) is 6.00. The van der Waals surface area contributed by atoms with Gasteiger partial charge in [0.1, 0.15) is 0 Å². The topological polar surface area (TPSA) is 66.6 Å². The number of ether oxygens (including phenoxy) is 3. The van der Waals surface area contributed by atoms with Crippen molar-refractivity contribution in [1.29, 1.82) is 0 Å². The molecule has 7 heteroatoms. The Balaban J connectivity index is 2.55. The summed E-state index contributed by atoms with van der Waals surface area (Å²) < 4.78 is 21.1. The summed E-state index contributed by atoms with van der Waals surface area (Å²) in [5.74, 6) is 2.21. The Bertz CT molecular complexity index is 598. The van der Waals surface area contributed by atoms with Crippen LogP contribution in [0.4, 0.5) is 0 Å². The summed E-state index contributed by atoms with van der Waals surface area (Å²) in [6, 6.07) is 3.50. The molecule has 1 atom stereocenters. The first-order chi connectivity index (χ1) is 9.62. The Morgan fingerprint density at radius 1 is 1.10 bits per heavy atom. The second-order valence-electron chi connectivity index (χ2n) is 3.96. The lowest BCUT2D eigenvalue weighted by molar-refractivity contribution is 0.324. The number of benzene rings is 1. The predicted octanol–water partition coefficient (Wildman–Crippen LogP) is 3.06. The lowest BCUT2D eigenvalue weighted by Gasteiger charge is -2.13. The van der Waals surface area contributed by atoms with Gasteiger partial charge in [0.25, 0.3) is 5.89 Å². The van der Waals surface area contributed by atoms with Gasteiger partial charge in [-0.05, 0) is 19.1 Å². The molecule has 2 aromatic rings. The van der Waals surface area contributed by atoms with Crippen molar-refractivity contribution in [3.63, 3.8) is 0 Å². The van der Waals surface area contributed by atoms with Gasteiger partial charge < -0.3 is 18.7 Å². The molecule has 0 saturated heterocycles. The van der Waals surface area contributed by atoms with Crippen LogP contribution in [-0.4, -0.2) is 31.5 Å². The van der Waals surface area contributed by atoms with Crippen molar-refractivity contribution in [2.75, 3.05) is 21.3 Å². The van der Waals surface area contributed by atoms with Crippen LogP contribution in [0.1, 0.15) is 18.1 Å². The first-order valence-electron chi connectivity index (χ1n) is 5.89. The first kappa shape index (κ1) is 14.5. The molecule has 0 bridgehead atoms. The van der Waals surface area contributed by atoms with Crippen molar-refractivity contribution in [3.8, 4) is 28.7 Å². The summed E-state index contributed by atoms with van der Waals surface area (Å²) in [4.78, 5) is 4.23. The summed E-state index contributed by atoms with van der Waals surface area (Å²) >= 11 is 5.92. The zero-order chi connectivity index (χ0) is 14.7. The number of hydrogen-bond acceptors (Lipinski definition) is 6. The Morgan fingerprint density at radius 3 is 2.30 bits per heavy atom. The second-order valence-corrected chi connectivity index (χ2v) is 4.61. The third-order valence-electron chi connectivity index (χ3n) is 2.73.